The van der Waals surface area contributed by atoms with Gasteiger partial charge < -0.3 is 29.6 Å². The van der Waals surface area contributed by atoms with Gasteiger partial charge in [0.05, 0.1) is 17.6 Å². The van der Waals surface area contributed by atoms with Gasteiger partial charge in [-0.15, -0.1) is 0 Å². The number of hydrogen-bond acceptors (Lipinski definition) is 6. The number of rotatable bonds is 11. The second-order valence-electron chi connectivity index (χ2n) is 15.3. The molecule has 2 N–H and O–H groups in total. The van der Waals surface area contributed by atoms with Crippen LogP contribution in [-0.4, -0.2) is 71.8 Å². The van der Waals surface area contributed by atoms with Gasteiger partial charge >= 0.3 is 13.2 Å². The molecule has 5 fully saturated rings. The molecule has 2 saturated heterocycles. The fourth-order valence-electron chi connectivity index (χ4n) is 7.90. The normalized spacial score (nSPS) is 32.9. The third kappa shape index (κ3) is 6.79. The standard InChI is InChI=1S/C32H56BN3O6/c1-10-12-14-22(34-29(39)40-30(4,5)6)28(38)36-19-20(3)16-23(36)27(37)35-26(15-13-11-2)33-41-25-18-21-17-24(31(21,7)8)32(25,9)42-33/h20-26H,10-19H2,1-9H3,(H,34,39)(H,35,37). The second kappa shape index (κ2) is 12.7. The van der Waals surface area contributed by atoms with E-state index < -0.39 is 30.9 Å². The second-order valence-corrected chi connectivity index (χ2v) is 15.3. The zero-order valence-electron chi connectivity index (χ0n) is 27.6. The number of carbonyl (C=O) groups excluding carboxylic acids is 3. The quantitative estimate of drug-likeness (QED) is 0.319. The molecule has 2 bridgehead atoms. The highest BCUT2D eigenvalue weighted by Gasteiger charge is 2.68. The number of alkyl carbamates (subject to hydrolysis) is 1. The van der Waals surface area contributed by atoms with E-state index in [0.717, 1.165) is 38.5 Å². The molecule has 5 aliphatic rings. The van der Waals surface area contributed by atoms with Gasteiger partial charge in [-0.3, -0.25) is 9.59 Å². The Kier molecular flexibility index (Phi) is 9.98. The lowest BCUT2D eigenvalue weighted by molar-refractivity contribution is -0.199. The summed E-state index contributed by atoms with van der Waals surface area (Å²) in [6.07, 6.45) is 7.04. The van der Waals surface area contributed by atoms with Crippen LogP contribution in [0.5, 0.6) is 0 Å². The fraction of sp³-hybridized carbons (Fsp3) is 0.906. The molecule has 0 aromatic heterocycles. The zero-order valence-corrected chi connectivity index (χ0v) is 27.6. The molecule has 0 spiro atoms. The average Bonchev–Trinajstić information content (AvgIpc) is 3.46. The van der Waals surface area contributed by atoms with Gasteiger partial charge in [0.1, 0.15) is 17.7 Å². The van der Waals surface area contributed by atoms with Crippen LogP contribution in [0, 0.1) is 23.2 Å². The molecule has 0 aromatic rings. The third-order valence-corrected chi connectivity index (χ3v) is 10.4. The molecule has 42 heavy (non-hydrogen) atoms. The molecule has 10 heteroatoms. The Bertz CT molecular complexity index is 1000. The Hall–Kier alpha value is -1.81. The van der Waals surface area contributed by atoms with E-state index in [1.807, 2.05) is 6.92 Å². The van der Waals surface area contributed by atoms with Crippen LogP contribution in [0.25, 0.3) is 0 Å². The maximum atomic E-state index is 13.9. The van der Waals surface area contributed by atoms with Gasteiger partial charge in [0.2, 0.25) is 11.8 Å². The summed E-state index contributed by atoms with van der Waals surface area (Å²) in [7, 11) is -0.500. The van der Waals surface area contributed by atoms with Gasteiger partial charge in [-0.05, 0) is 83.0 Å². The van der Waals surface area contributed by atoms with Crippen LogP contribution < -0.4 is 10.6 Å². The van der Waals surface area contributed by atoms with Gasteiger partial charge in [0.25, 0.3) is 0 Å². The molecule has 8 atom stereocenters. The summed E-state index contributed by atoms with van der Waals surface area (Å²) < 4.78 is 18.8. The summed E-state index contributed by atoms with van der Waals surface area (Å²) in [4.78, 5) is 42.1. The molecular weight excluding hydrogens is 533 g/mol. The summed E-state index contributed by atoms with van der Waals surface area (Å²) in [5.41, 5.74) is -0.772. The molecule has 238 valence electrons. The van der Waals surface area contributed by atoms with Crippen LogP contribution >= 0.6 is 0 Å². The number of likely N-dealkylation sites (tertiary alicyclic amines) is 1. The van der Waals surface area contributed by atoms with E-state index in [1.54, 1.807) is 25.7 Å². The first kappa shape index (κ1) is 33.1. The monoisotopic (exact) mass is 589 g/mol. The first-order valence-electron chi connectivity index (χ1n) is 16.5. The highest BCUT2D eigenvalue weighted by molar-refractivity contribution is 6.47. The Morgan fingerprint density at radius 3 is 2.31 bits per heavy atom. The summed E-state index contributed by atoms with van der Waals surface area (Å²) in [6, 6.07) is -1.34. The van der Waals surface area contributed by atoms with Crippen molar-refractivity contribution in [2.75, 3.05) is 6.54 Å². The number of nitrogens with zero attached hydrogens (tertiary/aromatic N) is 1. The molecule has 5 rings (SSSR count). The molecule has 3 amide bonds. The van der Waals surface area contributed by atoms with Crippen molar-refractivity contribution in [1.82, 2.24) is 15.5 Å². The number of nitrogens with one attached hydrogen (secondary N) is 2. The van der Waals surface area contributed by atoms with Crippen LogP contribution in [0.15, 0.2) is 0 Å². The van der Waals surface area contributed by atoms with Crippen molar-refractivity contribution in [2.24, 2.45) is 23.2 Å². The Morgan fingerprint density at radius 1 is 1.02 bits per heavy atom. The number of carbonyl (C=O) groups is 3. The van der Waals surface area contributed by atoms with E-state index in [4.69, 9.17) is 14.0 Å². The lowest BCUT2D eigenvalue weighted by atomic mass is 9.43. The summed E-state index contributed by atoms with van der Waals surface area (Å²) in [5, 5.41) is 6.07. The van der Waals surface area contributed by atoms with Gasteiger partial charge in [0, 0.05) is 6.54 Å². The third-order valence-electron chi connectivity index (χ3n) is 10.4. The van der Waals surface area contributed by atoms with Gasteiger partial charge in [-0.1, -0.05) is 60.3 Å². The number of ether oxygens (including phenoxy) is 1. The van der Waals surface area contributed by atoms with Crippen molar-refractivity contribution in [1.29, 1.82) is 0 Å². The predicted molar refractivity (Wildman–Crippen MR) is 164 cm³/mol. The highest BCUT2D eigenvalue weighted by Crippen LogP contribution is 2.65. The van der Waals surface area contributed by atoms with Crippen molar-refractivity contribution >= 4 is 25.0 Å². The summed E-state index contributed by atoms with van der Waals surface area (Å²) in [5.74, 6) is 0.587. The molecular formula is C32H56BN3O6. The maximum absolute atomic E-state index is 13.9. The molecule has 2 aliphatic heterocycles. The number of unbranched alkanes of at least 4 members (excludes halogenated alkanes) is 2. The first-order valence-corrected chi connectivity index (χ1v) is 16.5. The van der Waals surface area contributed by atoms with Crippen molar-refractivity contribution in [3.8, 4) is 0 Å². The van der Waals surface area contributed by atoms with E-state index in [-0.39, 0.29) is 40.8 Å². The van der Waals surface area contributed by atoms with Crippen LogP contribution in [0.1, 0.15) is 120 Å². The Morgan fingerprint density at radius 2 is 1.69 bits per heavy atom. The maximum Gasteiger partial charge on any atom is 0.481 e. The predicted octanol–water partition coefficient (Wildman–Crippen LogP) is 5.25. The minimum atomic E-state index is -0.740. The smallest absolute Gasteiger partial charge is 0.444 e. The van der Waals surface area contributed by atoms with Crippen LogP contribution in [0.4, 0.5) is 4.79 Å². The topological polar surface area (TPSA) is 106 Å². The molecule has 3 saturated carbocycles. The Balaban J connectivity index is 1.46. The van der Waals surface area contributed by atoms with E-state index in [9.17, 15) is 14.4 Å². The van der Waals surface area contributed by atoms with Crippen molar-refractivity contribution < 1.29 is 28.4 Å². The highest BCUT2D eigenvalue weighted by atomic mass is 16.7. The minimum absolute atomic E-state index is 0.0446. The molecule has 9 nitrogen and oxygen atoms in total. The van der Waals surface area contributed by atoms with Crippen molar-refractivity contribution in [2.45, 2.75) is 155 Å². The largest absolute Gasteiger partial charge is 0.481 e. The SMILES string of the molecule is CCCCC(NC(=O)C1CC(C)CN1C(=O)C(CCCC)NC(=O)OC(C)(C)C)B1OC2CC3CC(C3(C)C)C2(C)O1. The fourth-order valence-corrected chi connectivity index (χ4v) is 7.90. The molecule has 8 unspecified atom stereocenters. The lowest BCUT2D eigenvalue weighted by Crippen LogP contribution is -2.65. The van der Waals surface area contributed by atoms with Crippen molar-refractivity contribution in [3.05, 3.63) is 0 Å². The van der Waals surface area contributed by atoms with Gasteiger partial charge in [-0.25, -0.2) is 4.79 Å². The molecule has 0 aromatic carbocycles. The number of amides is 3. The van der Waals surface area contributed by atoms with E-state index >= 15 is 0 Å². The Labute approximate surface area is 254 Å². The van der Waals surface area contributed by atoms with Crippen molar-refractivity contribution in [3.63, 3.8) is 0 Å². The van der Waals surface area contributed by atoms with E-state index in [2.05, 4.69) is 45.3 Å². The van der Waals surface area contributed by atoms with Crippen LogP contribution in [-0.2, 0) is 23.6 Å². The lowest BCUT2D eigenvalue weighted by Gasteiger charge is -2.64. The van der Waals surface area contributed by atoms with E-state index in [0.29, 0.717) is 31.2 Å². The first-order chi connectivity index (χ1) is 19.6. The number of hydrogen-bond donors (Lipinski definition) is 2. The average molecular weight is 590 g/mol. The zero-order chi connectivity index (χ0) is 31.0. The van der Waals surface area contributed by atoms with Gasteiger partial charge in [-0.2, -0.15) is 0 Å². The van der Waals surface area contributed by atoms with Gasteiger partial charge in [0.15, 0.2) is 0 Å². The molecule has 2 heterocycles. The minimum Gasteiger partial charge on any atom is -0.444 e. The van der Waals surface area contributed by atoms with Crippen LogP contribution in [0.2, 0.25) is 0 Å². The molecule has 0 radical (unpaired) electrons. The van der Waals surface area contributed by atoms with Crippen LogP contribution in [0.3, 0.4) is 0 Å². The van der Waals surface area contributed by atoms with E-state index in [1.165, 1.54) is 6.42 Å². The molecule has 3 aliphatic carbocycles. The summed E-state index contributed by atoms with van der Waals surface area (Å²) >= 11 is 0. The summed E-state index contributed by atoms with van der Waals surface area (Å²) in [6.45, 7) is 19.0.